The quantitative estimate of drug-likeness (QED) is 0.189. The lowest BCUT2D eigenvalue weighted by molar-refractivity contribution is -0.133. The van der Waals surface area contributed by atoms with Gasteiger partial charge in [0.1, 0.15) is 11.3 Å². The Morgan fingerprint density at radius 1 is 0.878 bits per heavy atom. The van der Waals surface area contributed by atoms with E-state index in [0.717, 1.165) is 16.8 Å². The van der Waals surface area contributed by atoms with Crippen LogP contribution in [-0.4, -0.2) is 43.3 Å². The van der Waals surface area contributed by atoms with Crippen molar-refractivity contribution in [1.82, 2.24) is 10.6 Å². The van der Waals surface area contributed by atoms with Gasteiger partial charge in [0, 0.05) is 25.0 Å². The van der Waals surface area contributed by atoms with Gasteiger partial charge in [0.05, 0.1) is 12.3 Å². The molecule has 0 saturated carbocycles. The number of amides is 6. The van der Waals surface area contributed by atoms with Crippen molar-refractivity contribution in [1.29, 1.82) is 0 Å². The number of anilines is 3. The van der Waals surface area contributed by atoms with E-state index in [9.17, 15) is 24.0 Å². The Morgan fingerprint density at radius 2 is 1.51 bits per heavy atom. The summed E-state index contributed by atoms with van der Waals surface area (Å²) < 4.78 is 5.74. The zero-order valence-electron chi connectivity index (χ0n) is 22.7. The maximum atomic E-state index is 12.6. The first-order chi connectivity index (χ1) is 19.6. The van der Waals surface area contributed by atoms with Gasteiger partial charge in [0.2, 0.25) is 0 Å². The highest BCUT2D eigenvalue weighted by Crippen LogP contribution is 2.28. The molecule has 0 bridgehead atoms. The SMILES string of the molecule is CCOc1cc(CN(C)c2ccc(C=C3C(=O)NC(=O)NC3=O)cc2)ccc1NC(=O)C(=O)Nc1ccccc1C. The summed E-state index contributed by atoms with van der Waals surface area (Å²) in [5.74, 6) is -2.68. The van der Waals surface area contributed by atoms with Crippen LogP contribution in [-0.2, 0) is 25.7 Å². The van der Waals surface area contributed by atoms with Crippen LogP contribution in [0.2, 0.25) is 0 Å². The number of carbonyl (C=O) groups excluding carboxylic acids is 5. The van der Waals surface area contributed by atoms with Gasteiger partial charge in [-0.2, -0.15) is 0 Å². The van der Waals surface area contributed by atoms with E-state index in [-0.39, 0.29) is 5.57 Å². The lowest BCUT2D eigenvalue weighted by Crippen LogP contribution is -2.51. The van der Waals surface area contributed by atoms with Crippen molar-refractivity contribution in [2.24, 2.45) is 0 Å². The second-order valence-electron chi connectivity index (χ2n) is 9.23. The van der Waals surface area contributed by atoms with Gasteiger partial charge in [-0.05, 0) is 66.9 Å². The van der Waals surface area contributed by atoms with Crippen molar-refractivity contribution in [2.45, 2.75) is 20.4 Å². The molecule has 41 heavy (non-hydrogen) atoms. The summed E-state index contributed by atoms with van der Waals surface area (Å²) in [6, 6.07) is 18.8. The third-order valence-electron chi connectivity index (χ3n) is 6.20. The molecule has 1 aliphatic heterocycles. The Labute approximate surface area is 236 Å². The lowest BCUT2D eigenvalue weighted by atomic mass is 10.1. The lowest BCUT2D eigenvalue weighted by Gasteiger charge is -2.21. The molecule has 0 aromatic heterocycles. The largest absolute Gasteiger partial charge is 0.492 e. The van der Waals surface area contributed by atoms with Crippen LogP contribution < -0.4 is 30.9 Å². The van der Waals surface area contributed by atoms with E-state index in [2.05, 4.69) is 10.6 Å². The molecule has 210 valence electrons. The van der Waals surface area contributed by atoms with E-state index in [4.69, 9.17) is 4.74 Å². The molecule has 3 aromatic carbocycles. The summed E-state index contributed by atoms with van der Waals surface area (Å²) in [6.45, 7) is 4.52. The zero-order chi connectivity index (χ0) is 29.5. The Bertz CT molecular complexity index is 1530. The number of rotatable bonds is 8. The number of imide groups is 2. The number of barbiturate groups is 1. The fraction of sp³-hybridized carbons (Fsp3) is 0.167. The van der Waals surface area contributed by atoms with Crippen molar-refractivity contribution in [2.75, 3.05) is 29.2 Å². The Kier molecular flexibility index (Phi) is 8.78. The molecule has 11 heteroatoms. The average molecular weight is 556 g/mol. The van der Waals surface area contributed by atoms with Crippen LogP contribution in [0.15, 0.2) is 72.3 Å². The second kappa shape index (κ2) is 12.6. The number of nitrogens with one attached hydrogen (secondary N) is 4. The van der Waals surface area contributed by atoms with Crippen molar-refractivity contribution < 1.29 is 28.7 Å². The highest BCUT2D eigenvalue weighted by atomic mass is 16.5. The molecule has 1 heterocycles. The molecule has 1 saturated heterocycles. The highest BCUT2D eigenvalue weighted by Gasteiger charge is 2.27. The maximum Gasteiger partial charge on any atom is 0.328 e. The number of hydrogen-bond donors (Lipinski definition) is 4. The Morgan fingerprint density at radius 3 is 2.15 bits per heavy atom. The molecule has 0 unspecified atom stereocenters. The van der Waals surface area contributed by atoms with Crippen molar-refractivity contribution >= 4 is 52.8 Å². The van der Waals surface area contributed by atoms with Gasteiger partial charge in [0.25, 0.3) is 11.8 Å². The molecule has 1 fully saturated rings. The highest BCUT2D eigenvalue weighted by molar-refractivity contribution is 6.43. The van der Waals surface area contributed by atoms with Crippen LogP contribution in [0.4, 0.5) is 21.9 Å². The number of para-hydroxylation sites is 1. The van der Waals surface area contributed by atoms with Gasteiger partial charge < -0.3 is 20.3 Å². The smallest absolute Gasteiger partial charge is 0.328 e. The van der Waals surface area contributed by atoms with E-state index in [1.165, 1.54) is 6.08 Å². The zero-order valence-corrected chi connectivity index (χ0v) is 22.7. The van der Waals surface area contributed by atoms with Crippen LogP contribution in [0.25, 0.3) is 6.08 Å². The molecule has 0 atom stereocenters. The first-order valence-electron chi connectivity index (χ1n) is 12.8. The predicted octanol–water partition coefficient (Wildman–Crippen LogP) is 3.36. The van der Waals surface area contributed by atoms with Crippen LogP contribution in [0.5, 0.6) is 5.75 Å². The van der Waals surface area contributed by atoms with E-state index in [1.807, 2.05) is 66.8 Å². The van der Waals surface area contributed by atoms with Gasteiger partial charge in [0.15, 0.2) is 0 Å². The van der Waals surface area contributed by atoms with Crippen LogP contribution >= 0.6 is 0 Å². The number of benzene rings is 3. The molecule has 3 aromatic rings. The van der Waals surface area contributed by atoms with E-state index in [1.54, 1.807) is 36.4 Å². The standard InChI is InChI=1S/C30H29N5O6/c1-4-41-25-16-20(11-14-24(25)32-29(39)28(38)31-23-8-6-5-7-18(23)2)17-35(3)21-12-9-19(10-13-21)15-22-26(36)33-30(40)34-27(22)37/h5-16H,4,17H2,1-3H3,(H,31,38)(H,32,39)(H2,33,34,36,37,40). The summed E-state index contributed by atoms with van der Waals surface area (Å²) in [4.78, 5) is 62.2. The molecule has 0 spiro atoms. The topological polar surface area (TPSA) is 146 Å². The molecule has 4 rings (SSSR count). The first-order valence-corrected chi connectivity index (χ1v) is 12.8. The molecule has 11 nitrogen and oxygen atoms in total. The molecule has 0 radical (unpaired) electrons. The number of ether oxygens (including phenoxy) is 1. The van der Waals surface area contributed by atoms with Crippen LogP contribution in [0.1, 0.15) is 23.6 Å². The maximum absolute atomic E-state index is 12.6. The number of urea groups is 1. The van der Waals surface area contributed by atoms with Crippen molar-refractivity contribution in [3.8, 4) is 5.75 Å². The normalized spacial score (nSPS) is 12.7. The van der Waals surface area contributed by atoms with Gasteiger partial charge in [-0.3, -0.25) is 29.8 Å². The molecular formula is C30H29N5O6. The molecular weight excluding hydrogens is 526 g/mol. The minimum Gasteiger partial charge on any atom is -0.492 e. The Hall–Kier alpha value is -5.45. The predicted molar refractivity (Wildman–Crippen MR) is 154 cm³/mol. The van der Waals surface area contributed by atoms with Gasteiger partial charge in [-0.1, -0.05) is 36.4 Å². The van der Waals surface area contributed by atoms with Gasteiger partial charge >= 0.3 is 17.8 Å². The monoisotopic (exact) mass is 555 g/mol. The molecule has 4 N–H and O–H groups in total. The third kappa shape index (κ3) is 7.15. The fourth-order valence-corrected chi connectivity index (χ4v) is 4.08. The summed E-state index contributed by atoms with van der Waals surface area (Å²) >= 11 is 0. The summed E-state index contributed by atoms with van der Waals surface area (Å²) in [7, 11) is 1.90. The number of nitrogens with zero attached hydrogens (tertiary/aromatic N) is 1. The van der Waals surface area contributed by atoms with Gasteiger partial charge in [-0.15, -0.1) is 0 Å². The Balaban J connectivity index is 1.42. The molecule has 0 aliphatic carbocycles. The van der Waals surface area contributed by atoms with E-state index < -0.39 is 29.7 Å². The minimum absolute atomic E-state index is 0.158. The van der Waals surface area contributed by atoms with Crippen LogP contribution in [0.3, 0.4) is 0 Å². The third-order valence-corrected chi connectivity index (χ3v) is 6.20. The van der Waals surface area contributed by atoms with Crippen molar-refractivity contribution in [3.63, 3.8) is 0 Å². The number of hydrogen-bond acceptors (Lipinski definition) is 7. The minimum atomic E-state index is -0.847. The summed E-state index contributed by atoms with van der Waals surface area (Å²) in [5.41, 5.74) is 3.98. The number of carbonyl (C=O) groups is 5. The summed E-state index contributed by atoms with van der Waals surface area (Å²) in [6.07, 6.45) is 1.41. The van der Waals surface area contributed by atoms with Crippen LogP contribution in [0, 0.1) is 6.92 Å². The molecule has 1 aliphatic rings. The molecule has 6 amide bonds. The van der Waals surface area contributed by atoms with Gasteiger partial charge in [-0.25, -0.2) is 4.79 Å². The summed E-state index contributed by atoms with van der Waals surface area (Å²) in [5, 5.41) is 9.32. The van der Waals surface area contributed by atoms with E-state index in [0.29, 0.717) is 35.8 Å². The second-order valence-corrected chi connectivity index (χ2v) is 9.23. The van der Waals surface area contributed by atoms with E-state index >= 15 is 0 Å². The average Bonchev–Trinajstić information content (AvgIpc) is 2.93. The number of aryl methyl sites for hydroxylation is 1. The first kappa shape index (κ1) is 28.6. The fourth-order valence-electron chi connectivity index (χ4n) is 4.08. The van der Waals surface area contributed by atoms with Crippen molar-refractivity contribution in [3.05, 3.63) is 89.0 Å².